The van der Waals surface area contributed by atoms with Gasteiger partial charge in [-0.2, -0.15) is 0 Å². The van der Waals surface area contributed by atoms with Crippen molar-refractivity contribution >= 4 is 11.0 Å². The molecule has 3 rings (SSSR count). The maximum Gasteiger partial charge on any atom is 0.114 e. The zero-order valence-electron chi connectivity index (χ0n) is 10.1. The minimum atomic E-state index is 0.0907. The molecule has 4 N–H and O–H groups in total. The summed E-state index contributed by atoms with van der Waals surface area (Å²) in [4.78, 5) is 15.0. The smallest absolute Gasteiger partial charge is 0.114 e. The van der Waals surface area contributed by atoms with Gasteiger partial charge in [0, 0.05) is 18.9 Å². The minimum absolute atomic E-state index is 0.0907. The van der Waals surface area contributed by atoms with Gasteiger partial charge >= 0.3 is 0 Å². The van der Waals surface area contributed by atoms with E-state index in [0.717, 1.165) is 28.2 Å². The van der Waals surface area contributed by atoms with Crippen LogP contribution in [0.15, 0.2) is 30.6 Å². The highest BCUT2D eigenvalue weighted by molar-refractivity contribution is 5.76. The summed E-state index contributed by atoms with van der Waals surface area (Å²) in [5.41, 5.74) is 9.02. The summed E-state index contributed by atoms with van der Waals surface area (Å²) in [6.07, 6.45) is 3.56. The van der Waals surface area contributed by atoms with Gasteiger partial charge in [0.2, 0.25) is 0 Å². The van der Waals surface area contributed by atoms with Crippen LogP contribution in [0, 0.1) is 6.92 Å². The molecule has 5 nitrogen and oxygen atoms in total. The highest BCUT2D eigenvalue weighted by Gasteiger charge is 2.15. The molecule has 2 heterocycles. The van der Waals surface area contributed by atoms with Gasteiger partial charge in [-0.15, -0.1) is 0 Å². The molecule has 0 amide bonds. The van der Waals surface area contributed by atoms with Gasteiger partial charge in [-0.3, -0.25) is 0 Å². The molecule has 0 saturated carbocycles. The number of nitrogens with one attached hydrogen (secondary N) is 2. The summed E-state index contributed by atoms with van der Waals surface area (Å²) in [7, 11) is 0. The third kappa shape index (κ3) is 1.78. The third-order valence-electron chi connectivity index (χ3n) is 3.11. The van der Waals surface area contributed by atoms with Crippen LogP contribution < -0.4 is 5.73 Å². The fourth-order valence-electron chi connectivity index (χ4n) is 2.25. The molecule has 0 radical (unpaired) electrons. The number of aromatic amines is 2. The maximum atomic E-state index is 5.86. The third-order valence-corrected chi connectivity index (χ3v) is 3.11. The minimum Gasteiger partial charge on any atom is -0.348 e. The van der Waals surface area contributed by atoms with Crippen molar-refractivity contribution in [1.82, 2.24) is 19.9 Å². The molecule has 2 aromatic heterocycles. The lowest BCUT2D eigenvalue weighted by Crippen LogP contribution is -2.15. The van der Waals surface area contributed by atoms with Crippen LogP contribution in [-0.4, -0.2) is 26.5 Å². The van der Waals surface area contributed by atoms with Crippen LogP contribution in [0.1, 0.15) is 23.1 Å². The van der Waals surface area contributed by atoms with Gasteiger partial charge in [0.05, 0.1) is 17.0 Å². The molecule has 18 heavy (non-hydrogen) atoms. The van der Waals surface area contributed by atoms with Crippen molar-refractivity contribution in [3.8, 4) is 0 Å². The number of fused-ring (bicyclic) bond motifs is 1. The average molecular weight is 241 g/mol. The molecule has 1 unspecified atom stereocenters. The lowest BCUT2D eigenvalue weighted by atomic mass is 9.98. The van der Waals surface area contributed by atoms with Gasteiger partial charge < -0.3 is 15.7 Å². The number of hydrogen-bond acceptors (Lipinski definition) is 3. The van der Waals surface area contributed by atoms with Crippen molar-refractivity contribution in [3.05, 3.63) is 47.8 Å². The van der Waals surface area contributed by atoms with Crippen molar-refractivity contribution in [2.45, 2.75) is 12.8 Å². The zero-order valence-corrected chi connectivity index (χ0v) is 10.1. The van der Waals surface area contributed by atoms with Gasteiger partial charge in [0.25, 0.3) is 0 Å². The van der Waals surface area contributed by atoms with Crippen LogP contribution in [0.2, 0.25) is 0 Å². The molecule has 0 fully saturated rings. The van der Waals surface area contributed by atoms with E-state index in [1.54, 1.807) is 6.20 Å². The average Bonchev–Trinajstić information content (AvgIpc) is 2.97. The van der Waals surface area contributed by atoms with Crippen molar-refractivity contribution in [2.24, 2.45) is 5.73 Å². The van der Waals surface area contributed by atoms with Crippen LogP contribution in [-0.2, 0) is 0 Å². The number of H-pyrrole nitrogens is 2. The van der Waals surface area contributed by atoms with E-state index in [1.165, 1.54) is 0 Å². The number of hydrogen-bond donors (Lipinski definition) is 3. The number of benzene rings is 1. The largest absolute Gasteiger partial charge is 0.348 e. The second kappa shape index (κ2) is 4.27. The summed E-state index contributed by atoms with van der Waals surface area (Å²) < 4.78 is 0. The van der Waals surface area contributed by atoms with E-state index in [4.69, 9.17) is 5.73 Å². The SMILES string of the molecule is Cc1nc2ccc(C(CN)c3ncc[nH]3)cc2[nH]1. The van der Waals surface area contributed by atoms with Gasteiger partial charge in [-0.25, -0.2) is 9.97 Å². The predicted molar refractivity (Wildman–Crippen MR) is 70.3 cm³/mol. The van der Waals surface area contributed by atoms with E-state index in [9.17, 15) is 0 Å². The lowest BCUT2D eigenvalue weighted by molar-refractivity contribution is 0.766. The number of nitrogens with zero attached hydrogens (tertiary/aromatic N) is 2. The van der Waals surface area contributed by atoms with Crippen LogP contribution >= 0.6 is 0 Å². The second-order valence-electron chi connectivity index (χ2n) is 4.36. The quantitative estimate of drug-likeness (QED) is 0.652. The topological polar surface area (TPSA) is 83.4 Å². The number of aryl methyl sites for hydroxylation is 1. The molecule has 1 aromatic carbocycles. The Morgan fingerprint density at radius 3 is 3.00 bits per heavy atom. The Labute approximate surface area is 104 Å². The zero-order chi connectivity index (χ0) is 12.5. The van der Waals surface area contributed by atoms with Crippen molar-refractivity contribution in [2.75, 3.05) is 6.54 Å². The Bertz CT molecular complexity index is 653. The van der Waals surface area contributed by atoms with Crippen molar-refractivity contribution in [1.29, 1.82) is 0 Å². The number of nitrogens with two attached hydrogens (primary N) is 1. The number of imidazole rings is 2. The molecule has 0 aliphatic heterocycles. The highest BCUT2D eigenvalue weighted by Crippen LogP contribution is 2.23. The molecule has 0 aliphatic rings. The van der Waals surface area contributed by atoms with E-state index in [-0.39, 0.29) is 5.92 Å². The highest BCUT2D eigenvalue weighted by atomic mass is 14.9. The standard InChI is InChI=1S/C13H15N5/c1-8-17-11-3-2-9(6-12(11)18-8)10(7-14)13-15-4-5-16-13/h2-6,10H,7,14H2,1H3,(H,15,16)(H,17,18). The fraction of sp³-hybridized carbons (Fsp3) is 0.231. The van der Waals surface area contributed by atoms with Crippen LogP contribution in [0.3, 0.4) is 0 Å². The Morgan fingerprint density at radius 1 is 1.39 bits per heavy atom. The van der Waals surface area contributed by atoms with Gasteiger partial charge in [-0.05, 0) is 24.6 Å². The Kier molecular flexibility index (Phi) is 2.60. The molecule has 0 bridgehead atoms. The van der Waals surface area contributed by atoms with E-state index in [1.807, 2.05) is 19.2 Å². The molecule has 3 aromatic rings. The van der Waals surface area contributed by atoms with Crippen LogP contribution in [0.5, 0.6) is 0 Å². The van der Waals surface area contributed by atoms with E-state index in [0.29, 0.717) is 6.54 Å². The van der Waals surface area contributed by atoms with Crippen LogP contribution in [0.4, 0.5) is 0 Å². The summed E-state index contributed by atoms with van der Waals surface area (Å²) in [5, 5.41) is 0. The molecule has 0 aliphatic carbocycles. The molecule has 92 valence electrons. The maximum absolute atomic E-state index is 5.86. The summed E-state index contributed by atoms with van der Waals surface area (Å²) >= 11 is 0. The van der Waals surface area contributed by atoms with Gasteiger partial charge in [0.15, 0.2) is 0 Å². The first-order valence-corrected chi connectivity index (χ1v) is 5.93. The predicted octanol–water partition coefficient (Wildman–Crippen LogP) is 1.69. The first-order chi connectivity index (χ1) is 8.78. The van der Waals surface area contributed by atoms with Crippen molar-refractivity contribution < 1.29 is 0 Å². The number of rotatable bonds is 3. The molecule has 5 heteroatoms. The van der Waals surface area contributed by atoms with Gasteiger partial charge in [-0.1, -0.05) is 6.07 Å². The monoisotopic (exact) mass is 241 g/mol. The molecular formula is C13H15N5. The fourth-order valence-corrected chi connectivity index (χ4v) is 2.25. The molecule has 0 saturated heterocycles. The summed E-state index contributed by atoms with van der Waals surface area (Å²) in [6.45, 7) is 2.47. The van der Waals surface area contributed by atoms with Crippen molar-refractivity contribution in [3.63, 3.8) is 0 Å². The number of aromatic nitrogens is 4. The Balaban J connectivity index is 2.07. The normalized spacial score (nSPS) is 13.0. The van der Waals surface area contributed by atoms with Crippen LogP contribution in [0.25, 0.3) is 11.0 Å². The molecular weight excluding hydrogens is 226 g/mol. The Hall–Kier alpha value is -2.14. The molecule has 0 spiro atoms. The van der Waals surface area contributed by atoms with E-state index in [2.05, 4.69) is 32.1 Å². The van der Waals surface area contributed by atoms with E-state index < -0.39 is 0 Å². The van der Waals surface area contributed by atoms with E-state index >= 15 is 0 Å². The lowest BCUT2D eigenvalue weighted by Gasteiger charge is -2.12. The first kappa shape index (κ1) is 11.0. The summed E-state index contributed by atoms with van der Waals surface area (Å²) in [6, 6.07) is 6.16. The summed E-state index contributed by atoms with van der Waals surface area (Å²) in [5.74, 6) is 1.91. The Morgan fingerprint density at radius 2 is 2.28 bits per heavy atom. The molecule has 1 atom stereocenters. The van der Waals surface area contributed by atoms with Gasteiger partial charge in [0.1, 0.15) is 11.6 Å². The first-order valence-electron chi connectivity index (χ1n) is 5.93. The second-order valence-corrected chi connectivity index (χ2v) is 4.36.